The van der Waals surface area contributed by atoms with Crippen molar-refractivity contribution in [1.82, 2.24) is 9.80 Å². The maximum absolute atomic E-state index is 13.2. The largest absolute Gasteiger partial charge is 0.341 e. The van der Waals surface area contributed by atoms with E-state index in [0.717, 1.165) is 19.3 Å². The fraction of sp³-hybridized carbons (Fsp3) is 0.500. The summed E-state index contributed by atoms with van der Waals surface area (Å²) in [5.41, 5.74) is 0.383. The van der Waals surface area contributed by atoms with E-state index in [2.05, 4.69) is 0 Å². The smallest absolute Gasteiger partial charge is 0.253 e. The third-order valence-electron chi connectivity index (χ3n) is 4.19. The van der Waals surface area contributed by atoms with E-state index >= 15 is 0 Å². The Balaban J connectivity index is 1.65. The molecule has 1 aliphatic carbocycles. The summed E-state index contributed by atoms with van der Waals surface area (Å²) in [5.74, 6) is -0.268. The highest BCUT2D eigenvalue weighted by Crippen LogP contribution is 2.31. The van der Waals surface area contributed by atoms with Gasteiger partial charge in [-0.3, -0.25) is 9.59 Å². The summed E-state index contributed by atoms with van der Waals surface area (Å²) in [6.07, 6.45) is 2.75. The molecule has 0 N–H and O–H groups in total. The number of rotatable bonds is 2. The average Bonchev–Trinajstić information content (AvgIpc) is 3.35. The van der Waals surface area contributed by atoms with Gasteiger partial charge in [-0.2, -0.15) is 0 Å². The van der Waals surface area contributed by atoms with Gasteiger partial charge in [0.25, 0.3) is 5.91 Å². The van der Waals surface area contributed by atoms with Gasteiger partial charge in [-0.15, -0.1) is 0 Å². The van der Waals surface area contributed by atoms with Crippen molar-refractivity contribution >= 4 is 23.4 Å². The number of benzene rings is 1. The van der Waals surface area contributed by atoms with Crippen molar-refractivity contribution in [1.29, 1.82) is 0 Å². The zero-order valence-corrected chi connectivity index (χ0v) is 13.0. The van der Waals surface area contributed by atoms with Crippen molar-refractivity contribution in [2.75, 3.05) is 26.2 Å². The molecule has 1 saturated carbocycles. The van der Waals surface area contributed by atoms with E-state index in [1.807, 2.05) is 4.90 Å². The van der Waals surface area contributed by atoms with Crippen molar-refractivity contribution in [3.8, 4) is 0 Å². The molecule has 1 saturated heterocycles. The van der Waals surface area contributed by atoms with Crippen LogP contribution in [-0.4, -0.2) is 47.8 Å². The maximum atomic E-state index is 13.2. The van der Waals surface area contributed by atoms with E-state index < -0.39 is 5.82 Å². The van der Waals surface area contributed by atoms with E-state index in [-0.39, 0.29) is 22.8 Å². The molecule has 1 aromatic rings. The van der Waals surface area contributed by atoms with Crippen LogP contribution in [-0.2, 0) is 4.79 Å². The first kappa shape index (κ1) is 15.3. The summed E-state index contributed by atoms with van der Waals surface area (Å²) in [6, 6.07) is 4.01. The number of hydrogen-bond donors (Lipinski definition) is 0. The van der Waals surface area contributed by atoms with Gasteiger partial charge in [0.1, 0.15) is 5.82 Å². The van der Waals surface area contributed by atoms with Crippen LogP contribution >= 0.6 is 11.6 Å². The SMILES string of the molecule is O=C(c1ccc(F)c(Cl)c1)N1CCCN(C(=O)C2CC2)CC1. The highest BCUT2D eigenvalue weighted by Gasteiger charge is 2.34. The highest BCUT2D eigenvalue weighted by molar-refractivity contribution is 6.31. The molecule has 3 rings (SSSR count). The van der Waals surface area contributed by atoms with Crippen molar-refractivity contribution < 1.29 is 14.0 Å². The molecular weight excluding hydrogens is 307 g/mol. The Morgan fingerprint density at radius 3 is 2.45 bits per heavy atom. The molecule has 6 heteroatoms. The number of nitrogens with zero attached hydrogens (tertiary/aromatic N) is 2. The van der Waals surface area contributed by atoms with Crippen molar-refractivity contribution in [2.45, 2.75) is 19.3 Å². The van der Waals surface area contributed by atoms with Crippen LogP contribution in [0.25, 0.3) is 0 Å². The lowest BCUT2D eigenvalue weighted by Crippen LogP contribution is -2.38. The Labute approximate surface area is 133 Å². The minimum Gasteiger partial charge on any atom is -0.341 e. The first-order chi connectivity index (χ1) is 10.6. The van der Waals surface area contributed by atoms with Gasteiger partial charge in [0.05, 0.1) is 5.02 Å². The van der Waals surface area contributed by atoms with Gasteiger partial charge in [0.2, 0.25) is 5.91 Å². The minimum absolute atomic E-state index is 0.0498. The number of carbonyl (C=O) groups excluding carboxylic acids is 2. The second kappa shape index (κ2) is 6.24. The molecule has 0 radical (unpaired) electrons. The zero-order chi connectivity index (χ0) is 15.7. The molecule has 0 unspecified atom stereocenters. The molecule has 2 amide bonds. The van der Waals surface area contributed by atoms with E-state index in [1.54, 1.807) is 4.90 Å². The van der Waals surface area contributed by atoms with Crippen LogP contribution < -0.4 is 0 Å². The highest BCUT2D eigenvalue weighted by atomic mass is 35.5. The normalized spacial score (nSPS) is 19.0. The van der Waals surface area contributed by atoms with Crippen LogP contribution in [0.1, 0.15) is 29.6 Å². The summed E-state index contributed by atoms with van der Waals surface area (Å²) in [6.45, 7) is 2.37. The number of carbonyl (C=O) groups is 2. The Hall–Kier alpha value is -1.62. The average molecular weight is 325 g/mol. The first-order valence-corrected chi connectivity index (χ1v) is 7.97. The number of amides is 2. The lowest BCUT2D eigenvalue weighted by atomic mass is 10.2. The third-order valence-corrected chi connectivity index (χ3v) is 4.48. The van der Waals surface area contributed by atoms with Gasteiger partial charge in [-0.05, 0) is 37.5 Å². The monoisotopic (exact) mass is 324 g/mol. The van der Waals surface area contributed by atoms with Gasteiger partial charge >= 0.3 is 0 Å². The number of halogens is 2. The van der Waals surface area contributed by atoms with Crippen LogP contribution in [0.4, 0.5) is 4.39 Å². The second-order valence-electron chi connectivity index (χ2n) is 5.87. The van der Waals surface area contributed by atoms with E-state index in [0.29, 0.717) is 31.7 Å². The topological polar surface area (TPSA) is 40.6 Å². The summed E-state index contributed by atoms with van der Waals surface area (Å²) >= 11 is 5.74. The van der Waals surface area contributed by atoms with Gasteiger partial charge in [0.15, 0.2) is 0 Å². The van der Waals surface area contributed by atoms with Crippen LogP contribution in [0.15, 0.2) is 18.2 Å². The van der Waals surface area contributed by atoms with Crippen molar-refractivity contribution in [3.05, 3.63) is 34.6 Å². The molecule has 22 heavy (non-hydrogen) atoms. The van der Waals surface area contributed by atoms with Crippen molar-refractivity contribution in [3.63, 3.8) is 0 Å². The Morgan fingerprint density at radius 1 is 1.09 bits per heavy atom. The predicted molar refractivity (Wildman–Crippen MR) is 81.2 cm³/mol. The van der Waals surface area contributed by atoms with Gasteiger partial charge in [0, 0.05) is 37.7 Å². The molecule has 0 spiro atoms. The molecule has 1 heterocycles. The standard InChI is InChI=1S/C16H18ClFN2O2/c17-13-10-12(4-5-14(13)18)16(22)20-7-1-6-19(8-9-20)15(21)11-2-3-11/h4-5,10-11H,1-3,6-9H2. The summed E-state index contributed by atoms with van der Waals surface area (Å²) in [7, 11) is 0. The zero-order valence-electron chi connectivity index (χ0n) is 12.2. The molecule has 2 aliphatic rings. The van der Waals surface area contributed by atoms with E-state index in [4.69, 9.17) is 11.6 Å². The summed E-state index contributed by atoms with van der Waals surface area (Å²) in [5, 5.41) is -0.0498. The van der Waals surface area contributed by atoms with Crippen LogP contribution in [0.5, 0.6) is 0 Å². The Bertz CT molecular complexity index is 604. The quantitative estimate of drug-likeness (QED) is 0.839. The fourth-order valence-corrected chi connectivity index (χ4v) is 2.92. The van der Waals surface area contributed by atoms with E-state index in [9.17, 15) is 14.0 Å². The van der Waals surface area contributed by atoms with Gasteiger partial charge in [-0.1, -0.05) is 11.6 Å². The van der Waals surface area contributed by atoms with Gasteiger partial charge < -0.3 is 9.80 Å². The minimum atomic E-state index is -0.532. The molecule has 0 aromatic heterocycles. The van der Waals surface area contributed by atoms with Crippen LogP contribution in [0.3, 0.4) is 0 Å². The Kier molecular flexibility index (Phi) is 4.34. The molecule has 118 valence electrons. The Morgan fingerprint density at radius 2 is 1.77 bits per heavy atom. The molecule has 0 atom stereocenters. The second-order valence-corrected chi connectivity index (χ2v) is 6.28. The first-order valence-electron chi connectivity index (χ1n) is 7.59. The van der Waals surface area contributed by atoms with Crippen molar-refractivity contribution in [2.24, 2.45) is 5.92 Å². The molecule has 2 fully saturated rings. The molecule has 0 bridgehead atoms. The lowest BCUT2D eigenvalue weighted by Gasteiger charge is -2.22. The molecular formula is C16H18ClFN2O2. The van der Waals surface area contributed by atoms with E-state index in [1.165, 1.54) is 18.2 Å². The molecule has 1 aromatic carbocycles. The fourth-order valence-electron chi connectivity index (χ4n) is 2.74. The van der Waals surface area contributed by atoms with Crippen LogP contribution in [0, 0.1) is 11.7 Å². The number of hydrogen-bond acceptors (Lipinski definition) is 2. The van der Waals surface area contributed by atoms with Gasteiger partial charge in [-0.25, -0.2) is 4.39 Å². The predicted octanol–water partition coefficient (Wildman–Crippen LogP) is 2.56. The summed E-state index contributed by atoms with van der Waals surface area (Å²) < 4.78 is 13.2. The third kappa shape index (κ3) is 3.24. The van der Waals surface area contributed by atoms with Crippen LogP contribution in [0.2, 0.25) is 5.02 Å². The lowest BCUT2D eigenvalue weighted by molar-refractivity contribution is -0.132. The maximum Gasteiger partial charge on any atom is 0.253 e. The molecule has 1 aliphatic heterocycles. The summed E-state index contributed by atoms with van der Waals surface area (Å²) in [4.78, 5) is 28.2. The molecule has 4 nitrogen and oxygen atoms in total.